The van der Waals surface area contributed by atoms with Gasteiger partial charge in [0.25, 0.3) is 0 Å². The van der Waals surface area contributed by atoms with Crippen LogP contribution in [0.2, 0.25) is 0 Å². The standard InChI is InChI=1S/C15H26N2S/c1-4-7-13-11-17(12(3)10-16-13)14(5-2)15-8-6-9-18-15/h6,8-9,12-14,16H,4-5,7,10-11H2,1-3H3. The van der Waals surface area contributed by atoms with Crippen LogP contribution in [0, 0.1) is 0 Å². The molecular weight excluding hydrogens is 240 g/mol. The van der Waals surface area contributed by atoms with E-state index in [9.17, 15) is 0 Å². The third-order valence-electron chi connectivity index (χ3n) is 4.00. The largest absolute Gasteiger partial charge is 0.311 e. The molecule has 0 spiro atoms. The van der Waals surface area contributed by atoms with Crippen LogP contribution >= 0.6 is 11.3 Å². The summed E-state index contributed by atoms with van der Waals surface area (Å²) in [5, 5.41) is 5.89. The van der Waals surface area contributed by atoms with E-state index in [-0.39, 0.29) is 0 Å². The number of hydrogen-bond donors (Lipinski definition) is 1. The Morgan fingerprint density at radius 3 is 2.94 bits per heavy atom. The van der Waals surface area contributed by atoms with Crippen LogP contribution in [-0.2, 0) is 0 Å². The average molecular weight is 266 g/mol. The van der Waals surface area contributed by atoms with E-state index in [0.29, 0.717) is 18.1 Å². The minimum Gasteiger partial charge on any atom is -0.311 e. The van der Waals surface area contributed by atoms with Crippen LogP contribution in [0.1, 0.15) is 51.0 Å². The molecule has 0 radical (unpaired) electrons. The summed E-state index contributed by atoms with van der Waals surface area (Å²) in [6.45, 7) is 9.28. The molecule has 2 nitrogen and oxygen atoms in total. The molecule has 1 N–H and O–H groups in total. The van der Waals surface area contributed by atoms with Crippen LogP contribution < -0.4 is 5.32 Å². The molecule has 102 valence electrons. The Kier molecular flexibility index (Phi) is 5.22. The first-order chi connectivity index (χ1) is 8.76. The van der Waals surface area contributed by atoms with Gasteiger partial charge in [-0.3, -0.25) is 4.90 Å². The van der Waals surface area contributed by atoms with Crippen molar-refractivity contribution in [3.05, 3.63) is 22.4 Å². The quantitative estimate of drug-likeness (QED) is 0.875. The number of piperazine rings is 1. The van der Waals surface area contributed by atoms with Gasteiger partial charge in [0.2, 0.25) is 0 Å². The molecule has 0 saturated carbocycles. The number of thiophene rings is 1. The smallest absolute Gasteiger partial charge is 0.0442 e. The molecule has 0 bridgehead atoms. The second-order valence-electron chi connectivity index (χ2n) is 5.38. The molecule has 0 aromatic carbocycles. The topological polar surface area (TPSA) is 15.3 Å². The highest BCUT2D eigenvalue weighted by Gasteiger charge is 2.30. The van der Waals surface area contributed by atoms with Gasteiger partial charge in [-0.2, -0.15) is 0 Å². The Labute approximate surface area is 115 Å². The molecule has 1 aliphatic rings. The maximum Gasteiger partial charge on any atom is 0.0442 e. The number of rotatable bonds is 5. The van der Waals surface area contributed by atoms with Gasteiger partial charge >= 0.3 is 0 Å². The molecule has 1 fully saturated rings. The van der Waals surface area contributed by atoms with Gasteiger partial charge in [-0.1, -0.05) is 26.3 Å². The molecule has 1 saturated heterocycles. The lowest BCUT2D eigenvalue weighted by molar-refractivity contribution is 0.0869. The predicted molar refractivity (Wildman–Crippen MR) is 80.2 cm³/mol. The second-order valence-corrected chi connectivity index (χ2v) is 6.36. The number of hydrogen-bond acceptors (Lipinski definition) is 3. The molecule has 3 unspecified atom stereocenters. The summed E-state index contributed by atoms with van der Waals surface area (Å²) in [6.07, 6.45) is 3.78. The fraction of sp³-hybridized carbons (Fsp3) is 0.733. The van der Waals surface area contributed by atoms with E-state index in [1.165, 1.54) is 30.7 Å². The summed E-state index contributed by atoms with van der Waals surface area (Å²) >= 11 is 1.90. The van der Waals surface area contributed by atoms with Crippen LogP contribution in [0.5, 0.6) is 0 Å². The van der Waals surface area contributed by atoms with Gasteiger partial charge in [-0.05, 0) is 31.2 Å². The summed E-state index contributed by atoms with van der Waals surface area (Å²) in [7, 11) is 0. The Hall–Kier alpha value is -0.380. The summed E-state index contributed by atoms with van der Waals surface area (Å²) in [4.78, 5) is 4.24. The molecule has 0 aliphatic carbocycles. The Morgan fingerprint density at radius 2 is 2.33 bits per heavy atom. The molecule has 1 aromatic rings. The SMILES string of the molecule is CCCC1CN(C(CC)c2cccs2)C(C)CN1. The second kappa shape index (κ2) is 6.69. The van der Waals surface area contributed by atoms with Gasteiger partial charge in [-0.25, -0.2) is 0 Å². The highest BCUT2D eigenvalue weighted by molar-refractivity contribution is 7.10. The van der Waals surface area contributed by atoms with Gasteiger partial charge in [0.05, 0.1) is 0 Å². The Morgan fingerprint density at radius 1 is 1.50 bits per heavy atom. The molecule has 3 heteroatoms. The van der Waals surface area contributed by atoms with E-state index in [2.05, 4.69) is 48.5 Å². The lowest BCUT2D eigenvalue weighted by Crippen LogP contribution is -2.56. The van der Waals surface area contributed by atoms with E-state index in [0.717, 1.165) is 6.54 Å². The summed E-state index contributed by atoms with van der Waals surface area (Å²) in [5.74, 6) is 0. The maximum absolute atomic E-state index is 3.69. The maximum atomic E-state index is 3.69. The number of nitrogens with zero attached hydrogens (tertiary/aromatic N) is 1. The summed E-state index contributed by atoms with van der Waals surface area (Å²) in [6, 6.07) is 6.41. The zero-order chi connectivity index (χ0) is 13.0. The van der Waals surface area contributed by atoms with Crippen LogP contribution in [0.25, 0.3) is 0 Å². The normalized spacial score (nSPS) is 27.3. The summed E-state index contributed by atoms with van der Waals surface area (Å²) < 4.78 is 0. The molecule has 0 amide bonds. The zero-order valence-corrected chi connectivity index (χ0v) is 12.7. The average Bonchev–Trinajstić information content (AvgIpc) is 2.88. The lowest BCUT2D eigenvalue weighted by Gasteiger charge is -2.43. The molecule has 1 aliphatic heterocycles. The van der Waals surface area contributed by atoms with Crippen LogP contribution in [-0.4, -0.2) is 30.1 Å². The van der Waals surface area contributed by atoms with Crippen molar-refractivity contribution < 1.29 is 0 Å². The van der Waals surface area contributed by atoms with E-state index < -0.39 is 0 Å². The van der Waals surface area contributed by atoms with E-state index in [4.69, 9.17) is 0 Å². The van der Waals surface area contributed by atoms with E-state index in [1.807, 2.05) is 11.3 Å². The molecule has 3 atom stereocenters. The third kappa shape index (κ3) is 3.14. The minimum atomic E-state index is 0.612. The monoisotopic (exact) mass is 266 g/mol. The molecule has 18 heavy (non-hydrogen) atoms. The van der Waals surface area contributed by atoms with Crippen molar-refractivity contribution in [1.29, 1.82) is 0 Å². The van der Waals surface area contributed by atoms with E-state index >= 15 is 0 Å². The van der Waals surface area contributed by atoms with Gasteiger partial charge < -0.3 is 5.32 Å². The van der Waals surface area contributed by atoms with Crippen LogP contribution in [0.3, 0.4) is 0 Å². The molecule has 1 aromatic heterocycles. The predicted octanol–water partition coefficient (Wildman–Crippen LogP) is 3.66. The van der Waals surface area contributed by atoms with Crippen molar-refractivity contribution in [2.45, 2.75) is 58.2 Å². The molecule has 2 heterocycles. The molecular formula is C15H26N2S. The van der Waals surface area contributed by atoms with Gasteiger partial charge in [-0.15, -0.1) is 11.3 Å². The lowest BCUT2D eigenvalue weighted by atomic mass is 10.0. The highest BCUT2D eigenvalue weighted by Crippen LogP contribution is 2.31. The van der Waals surface area contributed by atoms with Crippen LogP contribution in [0.4, 0.5) is 0 Å². The van der Waals surface area contributed by atoms with Gasteiger partial charge in [0.1, 0.15) is 0 Å². The molecule has 2 rings (SSSR count). The van der Waals surface area contributed by atoms with E-state index in [1.54, 1.807) is 0 Å². The van der Waals surface area contributed by atoms with Crippen molar-refractivity contribution in [1.82, 2.24) is 10.2 Å². The fourth-order valence-corrected chi connectivity index (χ4v) is 3.94. The van der Waals surface area contributed by atoms with Crippen molar-refractivity contribution >= 4 is 11.3 Å². The van der Waals surface area contributed by atoms with Crippen molar-refractivity contribution in [3.63, 3.8) is 0 Å². The first kappa shape index (κ1) is 14.0. The van der Waals surface area contributed by atoms with Crippen LogP contribution in [0.15, 0.2) is 17.5 Å². The Balaban J connectivity index is 2.08. The van der Waals surface area contributed by atoms with Crippen molar-refractivity contribution in [3.8, 4) is 0 Å². The Bertz CT molecular complexity index is 336. The van der Waals surface area contributed by atoms with Gasteiger partial charge in [0, 0.05) is 36.1 Å². The van der Waals surface area contributed by atoms with Crippen molar-refractivity contribution in [2.75, 3.05) is 13.1 Å². The summed E-state index contributed by atoms with van der Waals surface area (Å²) in [5.41, 5.74) is 0. The number of nitrogens with one attached hydrogen (secondary N) is 1. The first-order valence-corrected chi connectivity index (χ1v) is 8.16. The highest BCUT2D eigenvalue weighted by atomic mass is 32.1. The van der Waals surface area contributed by atoms with Gasteiger partial charge in [0.15, 0.2) is 0 Å². The first-order valence-electron chi connectivity index (χ1n) is 7.28. The zero-order valence-electron chi connectivity index (χ0n) is 11.9. The van der Waals surface area contributed by atoms with Crippen molar-refractivity contribution in [2.24, 2.45) is 0 Å². The fourth-order valence-electron chi connectivity index (χ4n) is 3.01. The minimum absolute atomic E-state index is 0.612. The third-order valence-corrected chi connectivity index (χ3v) is 4.97.